The number of aromatic nitrogens is 3. The quantitative estimate of drug-likeness (QED) is 0.435. The van der Waals surface area contributed by atoms with Crippen molar-refractivity contribution in [2.24, 2.45) is 0 Å². The number of piperidine rings is 1. The van der Waals surface area contributed by atoms with Crippen molar-refractivity contribution in [3.63, 3.8) is 0 Å². The number of hydrogen-bond donors (Lipinski definition) is 3. The number of nitrogens with zero attached hydrogens (tertiary/aromatic N) is 3. The Kier molecular flexibility index (Phi) is 6.08. The Labute approximate surface area is 205 Å². The summed E-state index contributed by atoms with van der Waals surface area (Å²) >= 11 is 0. The van der Waals surface area contributed by atoms with Gasteiger partial charge in [0.15, 0.2) is 0 Å². The van der Waals surface area contributed by atoms with Gasteiger partial charge in [-0.25, -0.2) is 9.97 Å². The van der Waals surface area contributed by atoms with Gasteiger partial charge < -0.3 is 24.7 Å². The first-order valence-corrected chi connectivity index (χ1v) is 12.9. The summed E-state index contributed by atoms with van der Waals surface area (Å²) < 4.78 is 65.8. The molecule has 0 amide bonds. The number of alkyl halides is 3. The highest BCUT2D eigenvalue weighted by molar-refractivity contribution is 7.63. The maximum absolute atomic E-state index is 14.0. The van der Waals surface area contributed by atoms with Gasteiger partial charge in [-0.2, -0.15) is 18.4 Å². The van der Waals surface area contributed by atoms with E-state index in [0.29, 0.717) is 11.9 Å². The van der Waals surface area contributed by atoms with Gasteiger partial charge in [-0.3, -0.25) is 4.57 Å². The Morgan fingerprint density at radius 2 is 2.03 bits per heavy atom. The highest BCUT2D eigenvalue weighted by atomic mass is 31.2. The number of halogens is 3. The van der Waals surface area contributed by atoms with Crippen molar-refractivity contribution in [3.8, 4) is 17.3 Å². The van der Waals surface area contributed by atoms with E-state index in [9.17, 15) is 23.0 Å². The maximum atomic E-state index is 14.0. The van der Waals surface area contributed by atoms with Gasteiger partial charge in [-0.1, -0.05) is 6.07 Å². The molecule has 0 bridgehead atoms. The van der Waals surface area contributed by atoms with Crippen LogP contribution < -0.4 is 15.9 Å². The summed E-state index contributed by atoms with van der Waals surface area (Å²) in [6, 6.07) is 4.80. The monoisotopic (exact) mass is 520 g/mol. The van der Waals surface area contributed by atoms with Crippen molar-refractivity contribution < 1.29 is 26.8 Å². The average molecular weight is 520 g/mol. The molecule has 0 saturated carbocycles. The molecular formula is C23H24F3N6O3P. The Hall–Kier alpha value is -2.97. The number of aromatic amines is 1. The zero-order chi connectivity index (χ0) is 25.7. The molecule has 13 heteroatoms. The second-order valence-electron chi connectivity index (χ2n) is 9.46. The number of H-pyrrole nitrogens is 1. The molecule has 2 aromatic heterocycles. The molecule has 2 aliphatic rings. The summed E-state index contributed by atoms with van der Waals surface area (Å²) in [7, 11) is -3.82. The van der Waals surface area contributed by atoms with Crippen LogP contribution in [0.15, 0.2) is 24.5 Å². The zero-order valence-electron chi connectivity index (χ0n) is 19.6. The van der Waals surface area contributed by atoms with Crippen LogP contribution in [-0.2, 0) is 19.8 Å². The van der Waals surface area contributed by atoms with Crippen LogP contribution in [0.1, 0.15) is 37.8 Å². The number of benzene rings is 1. The van der Waals surface area contributed by atoms with Gasteiger partial charge in [0.1, 0.15) is 16.9 Å². The van der Waals surface area contributed by atoms with E-state index >= 15 is 0 Å². The van der Waals surface area contributed by atoms with E-state index in [1.807, 2.05) is 6.07 Å². The lowest BCUT2D eigenvalue weighted by Gasteiger charge is -2.36. The molecule has 0 aliphatic carbocycles. The van der Waals surface area contributed by atoms with Gasteiger partial charge in [-0.15, -0.1) is 0 Å². The van der Waals surface area contributed by atoms with E-state index in [1.165, 1.54) is 18.3 Å². The predicted octanol–water partition coefficient (Wildman–Crippen LogP) is 4.32. The summed E-state index contributed by atoms with van der Waals surface area (Å²) in [5.74, 6) is 0.0722. The largest absolute Gasteiger partial charge is 0.419 e. The molecule has 1 atom stereocenters. The van der Waals surface area contributed by atoms with E-state index < -0.39 is 19.3 Å². The number of anilines is 1. The van der Waals surface area contributed by atoms with E-state index in [2.05, 4.69) is 39.4 Å². The molecule has 2 aliphatic heterocycles. The summed E-state index contributed by atoms with van der Waals surface area (Å²) in [4.78, 5) is 11.1. The molecule has 0 unspecified atom stereocenters. The summed E-state index contributed by atoms with van der Waals surface area (Å²) in [5.41, 5.74) is -0.977. The zero-order valence-corrected chi connectivity index (χ0v) is 20.5. The van der Waals surface area contributed by atoms with Crippen LogP contribution in [-0.4, -0.2) is 46.3 Å². The lowest BCUT2D eigenvalue weighted by molar-refractivity contribution is -0.137. The van der Waals surface area contributed by atoms with Crippen molar-refractivity contribution in [2.45, 2.75) is 44.4 Å². The Morgan fingerprint density at radius 3 is 2.67 bits per heavy atom. The van der Waals surface area contributed by atoms with Gasteiger partial charge in [0.2, 0.25) is 5.95 Å². The van der Waals surface area contributed by atoms with Crippen LogP contribution in [0.5, 0.6) is 0 Å². The summed E-state index contributed by atoms with van der Waals surface area (Å²) in [6.07, 6.45) is -0.909. The number of rotatable bonds is 4. The second kappa shape index (κ2) is 8.85. The molecular weight excluding hydrogens is 496 g/mol. The van der Waals surface area contributed by atoms with Gasteiger partial charge in [0, 0.05) is 41.5 Å². The molecule has 0 spiro atoms. The topological polar surface area (TPSA) is 125 Å². The molecule has 190 valence electrons. The lowest BCUT2D eigenvalue weighted by atomic mass is 9.91. The third-order valence-corrected chi connectivity index (χ3v) is 8.51. The van der Waals surface area contributed by atoms with Crippen LogP contribution in [0.3, 0.4) is 0 Å². The molecule has 5 rings (SSSR count). The van der Waals surface area contributed by atoms with E-state index in [-0.39, 0.29) is 58.4 Å². The highest BCUT2D eigenvalue weighted by Crippen LogP contribution is 2.53. The van der Waals surface area contributed by atoms with Crippen molar-refractivity contribution in [3.05, 3.63) is 35.7 Å². The molecule has 4 heterocycles. The molecule has 3 aromatic rings. The number of nitrogens with one attached hydrogen (secondary N) is 3. The molecule has 2 saturated heterocycles. The van der Waals surface area contributed by atoms with Crippen LogP contribution in [0, 0.1) is 11.3 Å². The number of fused-ring (bicyclic) bond motifs is 1. The van der Waals surface area contributed by atoms with Crippen molar-refractivity contribution in [1.29, 1.82) is 5.26 Å². The fourth-order valence-corrected chi connectivity index (χ4v) is 6.37. The van der Waals surface area contributed by atoms with Gasteiger partial charge in [0.25, 0.3) is 0 Å². The van der Waals surface area contributed by atoms with Crippen LogP contribution >= 0.6 is 7.60 Å². The van der Waals surface area contributed by atoms with Crippen LogP contribution in [0.2, 0.25) is 0 Å². The minimum atomic E-state index is -4.71. The summed E-state index contributed by atoms with van der Waals surface area (Å²) in [5, 5.41) is 16.4. The molecule has 9 nitrogen and oxygen atoms in total. The van der Waals surface area contributed by atoms with Crippen LogP contribution in [0.25, 0.3) is 22.2 Å². The van der Waals surface area contributed by atoms with Gasteiger partial charge >= 0.3 is 13.8 Å². The van der Waals surface area contributed by atoms with Crippen LogP contribution in [0.4, 0.5) is 19.1 Å². The minimum Gasteiger partial charge on any atom is -0.360 e. The standard InChI is InChI=1S/C23H24F3N6O3P/c1-22(2)6-5-14(10-30-22)31-21-29-12-17(23(24,25)26)18(32-21)16-11-28-19-15(16)4-3-13(9-27)20(19)36(33)34-7-8-35-36/h3-4,11-12,14,28,30H,5-8,10H2,1-2H3,(H,29,31,32)/t14-/m0/s1. The first-order chi connectivity index (χ1) is 17.0. The van der Waals surface area contributed by atoms with Gasteiger partial charge in [0.05, 0.1) is 30.0 Å². The van der Waals surface area contributed by atoms with Crippen molar-refractivity contribution >= 4 is 29.8 Å². The molecule has 3 N–H and O–H groups in total. The van der Waals surface area contributed by atoms with E-state index in [1.54, 1.807) is 0 Å². The predicted molar refractivity (Wildman–Crippen MR) is 127 cm³/mol. The smallest absolute Gasteiger partial charge is 0.360 e. The van der Waals surface area contributed by atoms with Gasteiger partial charge in [-0.05, 0) is 32.8 Å². The second-order valence-corrected chi connectivity index (χ2v) is 11.4. The lowest BCUT2D eigenvalue weighted by Crippen LogP contribution is -2.50. The number of nitriles is 1. The van der Waals surface area contributed by atoms with Crippen molar-refractivity contribution in [1.82, 2.24) is 20.3 Å². The SMILES string of the molecule is CC1(C)CC[C@H](Nc2ncc(C(F)(F)F)c(-c3c[nH]c4c(P5(=O)OCCO5)c(C#N)ccc34)n2)CN1. The third kappa shape index (κ3) is 4.48. The maximum Gasteiger partial charge on any atom is 0.419 e. The highest BCUT2D eigenvalue weighted by Gasteiger charge is 2.39. The number of hydrogen-bond acceptors (Lipinski definition) is 8. The fourth-order valence-electron chi connectivity index (χ4n) is 4.53. The Bertz CT molecular complexity index is 1390. The van der Waals surface area contributed by atoms with E-state index in [4.69, 9.17) is 9.05 Å². The molecule has 2 fully saturated rings. The Morgan fingerprint density at radius 1 is 1.28 bits per heavy atom. The first kappa shape index (κ1) is 24.7. The average Bonchev–Trinajstić information content (AvgIpc) is 3.46. The molecule has 0 radical (unpaired) electrons. The normalized spacial score (nSPS) is 21.4. The first-order valence-electron chi connectivity index (χ1n) is 11.4. The van der Waals surface area contributed by atoms with E-state index in [0.717, 1.165) is 19.0 Å². The minimum absolute atomic E-state index is 0.00288. The van der Waals surface area contributed by atoms with Crippen molar-refractivity contribution in [2.75, 3.05) is 25.1 Å². The molecule has 1 aromatic carbocycles. The Balaban J connectivity index is 1.61. The molecule has 36 heavy (non-hydrogen) atoms. The fraction of sp³-hybridized carbons (Fsp3) is 0.435. The summed E-state index contributed by atoms with van der Waals surface area (Å²) in [6.45, 7) is 4.97. The third-order valence-electron chi connectivity index (χ3n) is 6.46.